The van der Waals surface area contributed by atoms with Crippen LogP contribution >= 0.6 is 35.6 Å². The number of sulfone groups is 1. The van der Waals surface area contributed by atoms with Gasteiger partial charge in [-0.15, -0.1) is 24.0 Å². The highest BCUT2D eigenvalue weighted by molar-refractivity contribution is 14.0. The van der Waals surface area contributed by atoms with Crippen molar-refractivity contribution >= 4 is 57.3 Å². The third-order valence-electron chi connectivity index (χ3n) is 5.07. The lowest BCUT2D eigenvalue weighted by molar-refractivity contribution is -0.135. The fourth-order valence-electron chi connectivity index (χ4n) is 3.52. The van der Waals surface area contributed by atoms with Crippen LogP contribution in [0.2, 0.25) is 5.02 Å². The van der Waals surface area contributed by atoms with Crippen molar-refractivity contribution in [3.05, 3.63) is 34.9 Å². The SMILES string of the molecule is CCNC(=NCC1CCS(=O)(=O)C1)N1CCN(Cc2ccc(Cl)cc2)C(=O)C1.I. The summed E-state index contributed by atoms with van der Waals surface area (Å²) in [4.78, 5) is 21.0. The number of hydrogen-bond donors (Lipinski definition) is 1. The molecule has 1 atom stereocenters. The molecule has 2 aliphatic rings. The molecular formula is C19H28ClIN4O3S. The fourth-order valence-corrected chi connectivity index (χ4v) is 5.50. The van der Waals surface area contributed by atoms with Crippen LogP contribution in [0.1, 0.15) is 18.9 Å². The molecule has 2 fully saturated rings. The van der Waals surface area contributed by atoms with Gasteiger partial charge in [0.15, 0.2) is 15.8 Å². The minimum atomic E-state index is -2.90. The molecule has 0 spiro atoms. The van der Waals surface area contributed by atoms with Gasteiger partial charge < -0.3 is 15.1 Å². The number of halogens is 2. The lowest BCUT2D eigenvalue weighted by atomic mass is 10.1. The van der Waals surface area contributed by atoms with E-state index in [1.54, 1.807) is 0 Å². The van der Waals surface area contributed by atoms with E-state index in [9.17, 15) is 13.2 Å². The van der Waals surface area contributed by atoms with Gasteiger partial charge in [-0.05, 0) is 37.0 Å². The highest BCUT2D eigenvalue weighted by atomic mass is 127. The van der Waals surface area contributed by atoms with E-state index in [1.165, 1.54) is 0 Å². The third kappa shape index (κ3) is 6.99. The van der Waals surface area contributed by atoms with Crippen LogP contribution in [0.5, 0.6) is 0 Å². The highest BCUT2D eigenvalue weighted by Crippen LogP contribution is 2.19. The van der Waals surface area contributed by atoms with Crippen molar-refractivity contribution in [2.24, 2.45) is 10.9 Å². The number of nitrogens with zero attached hydrogens (tertiary/aromatic N) is 3. The number of rotatable bonds is 5. The number of amides is 1. The van der Waals surface area contributed by atoms with Gasteiger partial charge in [0.05, 0.1) is 18.1 Å². The van der Waals surface area contributed by atoms with E-state index in [2.05, 4.69) is 10.3 Å². The van der Waals surface area contributed by atoms with Crippen molar-refractivity contribution in [3.63, 3.8) is 0 Å². The first-order valence-electron chi connectivity index (χ1n) is 9.62. The van der Waals surface area contributed by atoms with Crippen molar-refractivity contribution in [1.29, 1.82) is 0 Å². The van der Waals surface area contributed by atoms with Gasteiger partial charge in [-0.2, -0.15) is 0 Å². The van der Waals surface area contributed by atoms with Gasteiger partial charge >= 0.3 is 0 Å². The molecule has 1 N–H and O–H groups in total. The number of guanidine groups is 1. The van der Waals surface area contributed by atoms with Gasteiger partial charge in [0, 0.05) is 37.7 Å². The van der Waals surface area contributed by atoms with Crippen LogP contribution in [0.3, 0.4) is 0 Å². The van der Waals surface area contributed by atoms with E-state index in [1.807, 2.05) is 41.0 Å². The second kappa shape index (κ2) is 10.8. The lowest BCUT2D eigenvalue weighted by Gasteiger charge is -2.36. The molecule has 0 radical (unpaired) electrons. The summed E-state index contributed by atoms with van der Waals surface area (Å²) < 4.78 is 23.3. The summed E-state index contributed by atoms with van der Waals surface area (Å²) in [5, 5.41) is 3.91. The van der Waals surface area contributed by atoms with Gasteiger partial charge in [-0.3, -0.25) is 9.79 Å². The molecule has 0 saturated carbocycles. The monoisotopic (exact) mass is 554 g/mol. The van der Waals surface area contributed by atoms with Gasteiger partial charge in [0.25, 0.3) is 0 Å². The maximum absolute atomic E-state index is 12.6. The minimum Gasteiger partial charge on any atom is -0.357 e. The van der Waals surface area contributed by atoms with Crippen LogP contribution in [-0.4, -0.2) is 74.3 Å². The van der Waals surface area contributed by atoms with Gasteiger partial charge in [-0.25, -0.2) is 8.42 Å². The maximum Gasteiger partial charge on any atom is 0.242 e. The molecule has 10 heteroatoms. The summed E-state index contributed by atoms with van der Waals surface area (Å²) in [6.07, 6.45) is 0.666. The largest absolute Gasteiger partial charge is 0.357 e. The second-order valence-corrected chi connectivity index (χ2v) is 9.99. The Morgan fingerprint density at radius 3 is 2.59 bits per heavy atom. The Labute approximate surface area is 194 Å². The normalized spacial score (nSPS) is 21.8. The Bertz CT molecular complexity index is 832. The average molecular weight is 555 g/mol. The van der Waals surface area contributed by atoms with Crippen molar-refractivity contribution in [3.8, 4) is 0 Å². The topological polar surface area (TPSA) is 82.1 Å². The van der Waals surface area contributed by atoms with Crippen LogP contribution in [0, 0.1) is 5.92 Å². The smallest absolute Gasteiger partial charge is 0.242 e. The standard InChI is InChI=1S/C19H27ClN4O3S.HI/c1-2-21-19(22-11-16-7-10-28(26,27)14-16)24-9-8-23(18(25)13-24)12-15-3-5-17(20)6-4-15;/h3-6,16H,2,7-14H2,1H3,(H,21,22);1H. The van der Waals surface area contributed by atoms with Crippen molar-refractivity contribution < 1.29 is 13.2 Å². The molecule has 0 aliphatic carbocycles. The predicted octanol–water partition coefficient (Wildman–Crippen LogP) is 2.00. The molecule has 0 aromatic heterocycles. The Kier molecular flexibility index (Phi) is 9.02. The summed E-state index contributed by atoms with van der Waals surface area (Å²) in [7, 11) is -2.90. The molecule has 3 rings (SSSR count). The Hall–Kier alpha value is -1.07. The number of carbonyl (C=O) groups is 1. The summed E-state index contributed by atoms with van der Waals surface area (Å²) in [5.41, 5.74) is 1.05. The fraction of sp³-hybridized carbons (Fsp3) is 0.579. The molecule has 2 saturated heterocycles. The molecule has 2 aliphatic heterocycles. The Morgan fingerprint density at radius 2 is 2.00 bits per heavy atom. The summed E-state index contributed by atoms with van der Waals surface area (Å²) in [6, 6.07) is 7.53. The van der Waals surface area contributed by atoms with E-state index in [4.69, 9.17) is 11.6 Å². The molecule has 162 valence electrons. The first kappa shape index (κ1) is 24.2. The zero-order chi connectivity index (χ0) is 20.1. The quantitative estimate of drug-likeness (QED) is 0.342. The number of aliphatic imine (C=N–C) groups is 1. The summed E-state index contributed by atoms with van der Waals surface area (Å²) in [6.45, 7) is 5.29. The van der Waals surface area contributed by atoms with Crippen LogP contribution in [0.4, 0.5) is 0 Å². The number of piperazine rings is 1. The van der Waals surface area contributed by atoms with Gasteiger partial charge in [0.2, 0.25) is 5.91 Å². The van der Waals surface area contributed by atoms with E-state index < -0.39 is 9.84 Å². The summed E-state index contributed by atoms with van der Waals surface area (Å²) in [5.74, 6) is 1.28. The van der Waals surface area contributed by atoms with Crippen LogP contribution in [-0.2, 0) is 21.2 Å². The van der Waals surface area contributed by atoms with Crippen molar-refractivity contribution in [2.45, 2.75) is 19.9 Å². The van der Waals surface area contributed by atoms with E-state index in [0.717, 1.165) is 5.56 Å². The number of hydrogen-bond acceptors (Lipinski definition) is 4. The number of carbonyl (C=O) groups excluding carboxylic acids is 1. The predicted molar refractivity (Wildman–Crippen MR) is 127 cm³/mol. The molecule has 29 heavy (non-hydrogen) atoms. The van der Waals surface area contributed by atoms with Crippen LogP contribution in [0.25, 0.3) is 0 Å². The second-order valence-electron chi connectivity index (χ2n) is 7.33. The summed E-state index contributed by atoms with van der Waals surface area (Å²) >= 11 is 5.92. The highest BCUT2D eigenvalue weighted by Gasteiger charge is 2.29. The van der Waals surface area contributed by atoms with Gasteiger partial charge in [0.1, 0.15) is 0 Å². The molecule has 0 bridgehead atoms. The minimum absolute atomic E-state index is 0. The van der Waals surface area contributed by atoms with E-state index >= 15 is 0 Å². The third-order valence-corrected chi connectivity index (χ3v) is 7.15. The van der Waals surface area contributed by atoms with Crippen molar-refractivity contribution in [1.82, 2.24) is 15.1 Å². The first-order valence-corrected chi connectivity index (χ1v) is 11.8. The molecule has 1 amide bonds. The first-order chi connectivity index (χ1) is 13.4. The van der Waals surface area contributed by atoms with Crippen molar-refractivity contribution in [2.75, 3.05) is 44.2 Å². The van der Waals surface area contributed by atoms with E-state index in [0.29, 0.717) is 50.1 Å². The maximum atomic E-state index is 12.6. The van der Waals surface area contributed by atoms with Crippen LogP contribution in [0.15, 0.2) is 29.3 Å². The molecular weight excluding hydrogens is 527 g/mol. The van der Waals surface area contributed by atoms with Crippen LogP contribution < -0.4 is 5.32 Å². The molecule has 2 heterocycles. The van der Waals surface area contributed by atoms with Gasteiger partial charge in [-0.1, -0.05) is 23.7 Å². The Morgan fingerprint density at radius 1 is 1.28 bits per heavy atom. The number of benzene rings is 1. The zero-order valence-electron chi connectivity index (χ0n) is 16.5. The zero-order valence-corrected chi connectivity index (χ0v) is 20.4. The molecule has 1 aromatic rings. The molecule has 1 aromatic carbocycles. The molecule has 7 nitrogen and oxygen atoms in total. The Balaban J connectivity index is 0.00000300. The lowest BCUT2D eigenvalue weighted by Crippen LogP contribution is -2.55. The molecule has 1 unspecified atom stereocenters. The van der Waals surface area contributed by atoms with E-state index in [-0.39, 0.29) is 53.9 Å². The average Bonchev–Trinajstić information content (AvgIpc) is 3.01. The number of nitrogens with one attached hydrogen (secondary N) is 1.